The van der Waals surface area contributed by atoms with E-state index in [9.17, 15) is 4.79 Å². The number of ether oxygens (including phenoxy) is 1. The molecule has 5 heteroatoms. The van der Waals surface area contributed by atoms with Crippen LogP contribution in [0.2, 0.25) is 0 Å². The third kappa shape index (κ3) is 3.21. The van der Waals surface area contributed by atoms with Crippen molar-refractivity contribution in [1.82, 2.24) is 4.90 Å². The molecule has 1 fully saturated rings. The van der Waals surface area contributed by atoms with Gasteiger partial charge in [0.1, 0.15) is 4.88 Å². The van der Waals surface area contributed by atoms with Crippen LogP contribution in [0.4, 0.5) is 0 Å². The van der Waals surface area contributed by atoms with Crippen LogP contribution in [0.15, 0.2) is 11.4 Å². The number of hydrogen-bond acceptors (Lipinski definition) is 4. The Bertz CT molecular complexity index is 539. The van der Waals surface area contributed by atoms with Gasteiger partial charge in [-0.15, -0.1) is 11.3 Å². The molecule has 2 rings (SSSR count). The third-order valence-corrected chi connectivity index (χ3v) is 4.11. The topological polar surface area (TPSA) is 49.8 Å². The van der Waals surface area contributed by atoms with Gasteiger partial charge in [0.05, 0.1) is 25.4 Å². The Morgan fingerprint density at radius 2 is 2.40 bits per heavy atom. The molecular weight excluding hydrogens is 274 g/mol. The summed E-state index contributed by atoms with van der Waals surface area (Å²) in [7, 11) is 0. The number of thiophene rings is 1. The Kier molecular flexibility index (Phi) is 4.81. The monoisotopic (exact) mass is 293 g/mol. The van der Waals surface area contributed by atoms with Gasteiger partial charge < -0.3 is 14.7 Å². The van der Waals surface area contributed by atoms with Gasteiger partial charge in [0, 0.05) is 18.5 Å². The largest absolute Gasteiger partial charge is 0.395 e. The maximum absolute atomic E-state index is 12.7. The zero-order chi connectivity index (χ0) is 14.6. The number of hydrogen-bond donors (Lipinski definition) is 1. The molecule has 2 heterocycles. The molecular formula is C15H19NO3S. The smallest absolute Gasteiger partial charge is 0.265 e. The quantitative estimate of drug-likeness (QED) is 0.845. The fourth-order valence-corrected chi connectivity index (χ4v) is 2.94. The van der Waals surface area contributed by atoms with Gasteiger partial charge in [-0.25, -0.2) is 0 Å². The van der Waals surface area contributed by atoms with Crippen LogP contribution in [-0.4, -0.2) is 47.8 Å². The Morgan fingerprint density at radius 3 is 3.10 bits per heavy atom. The molecule has 1 aromatic rings. The highest BCUT2D eigenvalue weighted by molar-refractivity contribution is 7.12. The van der Waals surface area contributed by atoms with Gasteiger partial charge in [0.25, 0.3) is 5.91 Å². The third-order valence-electron chi connectivity index (χ3n) is 3.21. The van der Waals surface area contributed by atoms with Gasteiger partial charge in [-0.2, -0.15) is 0 Å². The number of nitrogens with zero attached hydrogens (tertiary/aromatic N) is 1. The number of rotatable bonds is 2. The zero-order valence-corrected chi connectivity index (χ0v) is 12.6. The predicted molar refractivity (Wildman–Crippen MR) is 78.8 cm³/mol. The molecule has 1 saturated heterocycles. The fourth-order valence-electron chi connectivity index (χ4n) is 2.14. The minimum absolute atomic E-state index is 0.0154. The fraction of sp³-hybridized carbons (Fsp3) is 0.533. The van der Waals surface area contributed by atoms with Gasteiger partial charge in [-0.3, -0.25) is 4.79 Å². The van der Waals surface area contributed by atoms with Crippen molar-refractivity contribution in [2.75, 3.05) is 26.4 Å². The van der Waals surface area contributed by atoms with Crippen LogP contribution in [0.5, 0.6) is 0 Å². The summed E-state index contributed by atoms with van der Waals surface area (Å²) in [5, 5.41) is 10.6. The molecule has 1 aromatic heterocycles. The maximum Gasteiger partial charge on any atom is 0.265 e. The summed E-state index contributed by atoms with van der Waals surface area (Å²) in [6.07, 6.45) is 0.423. The first-order valence-corrected chi connectivity index (χ1v) is 7.51. The van der Waals surface area contributed by atoms with Gasteiger partial charge in [0.15, 0.2) is 0 Å². The number of morpholine rings is 1. The second-order valence-corrected chi connectivity index (χ2v) is 6.18. The number of aliphatic hydroxyl groups excluding tert-OH is 1. The van der Waals surface area contributed by atoms with E-state index >= 15 is 0 Å². The maximum atomic E-state index is 12.7. The van der Waals surface area contributed by atoms with Crippen LogP contribution < -0.4 is 0 Å². The van der Waals surface area contributed by atoms with Gasteiger partial charge in [0.2, 0.25) is 0 Å². The molecule has 108 valence electrons. The molecule has 0 aromatic carbocycles. The van der Waals surface area contributed by atoms with Gasteiger partial charge >= 0.3 is 0 Å². The van der Waals surface area contributed by atoms with E-state index in [1.165, 1.54) is 11.3 Å². The summed E-state index contributed by atoms with van der Waals surface area (Å²) >= 11 is 1.41. The van der Waals surface area contributed by atoms with E-state index in [-0.39, 0.29) is 18.1 Å². The summed E-state index contributed by atoms with van der Waals surface area (Å²) in [4.78, 5) is 15.2. The molecule has 0 unspecified atom stereocenters. The van der Waals surface area contributed by atoms with E-state index in [1.807, 2.05) is 30.2 Å². The predicted octanol–water partition coefficient (Wildman–Crippen LogP) is 1.73. The van der Waals surface area contributed by atoms with Crippen LogP contribution in [0.3, 0.4) is 0 Å². The van der Waals surface area contributed by atoms with Crippen LogP contribution in [0.1, 0.15) is 35.5 Å². The standard InChI is InChI=1S/C15H19NO3S/c1-15(2)11-19-9-7-16(15)14(18)13-12(6-10-20-13)5-3-4-8-17/h6,10,17H,4,7-9,11H2,1-2H3. The molecule has 0 spiro atoms. The molecule has 1 aliphatic heterocycles. The summed E-state index contributed by atoms with van der Waals surface area (Å²) in [5.74, 6) is 5.85. The number of aliphatic hydroxyl groups is 1. The molecule has 0 atom stereocenters. The highest BCUT2D eigenvalue weighted by Crippen LogP contribution is 2.25. The molecule has 1 aliphatic rings. The van der Waals surface area contributed by atoms with Crippen LogP contribution in [0, 0.1) is 11.8 Å². The summed E-state index contributed by atoms with van der Waals surface area (Å²) in [6, 6.07) is 1.86. The highest BCUT2D eigenvalue weighted by Gasteiger charge is 2.35. The van der Waals surface area contributed by atoms with Crippen molar-refractivity contribution < 1.29 is 14.6 Å². The molecule has 4 nitrogen and oxygen atoms in total. The normalized spacial score (nSPS) is 17.4. The summed E-state index contributed by atoms with van der Waals surface area (Å²) < 4.78 is 5.45. The number of carbonyl (C=O) groups excluding carboxylic acids is 1. The Balaban J connectivity index is 2.22. The lowest BCUT2D eigenvalue weighted by Gasteiger charge is -2.41. The van der Waals surface area contributed by atoms with Crippen molar-refractivity contribution in [1.29, 1.82) is 0 Å². The lowest BCUT2D eigenvalue weighted by molar-refractivity contribution is -0.0368. The van der Waals surface area contributed by atoms with Crippen LogP contribution in [0.25, 0.3) is 0 Å². The molecule has 0 saturated carbocycles. The van der Waals surface area contributed by atoms with Crippen molar-refractivity contribution in [3.8, 4) is 11.8 Å². The first-order valence-electron chi connectivity index (χ1n) is 6.63. The van der Waals surface area contributed by atoms with Crippen LogP contribution >= 0.6 is 11.3 Å². The SMILES string of the molecule is CC1(C)COCCN1C(=O)c1sccc1C#CCCO. The van der Waals surface area contributed by atoms with Crippen molar-refractivity contribution in [2.24, 2.45) is 0 Å². The average molecular weight is 293 g/mol. The minimum atomic E-state index is -0.297. The van der Waals surface area contributed by atoms with Gasteiger partial charge in [-0.1, -0.05) is 11.8 Å². The van der Waals surface area contributed by atoms with Crippen LogP contribution in [-0.2, 0) is 4.74 Å². The molecule has 0 radical (unpaired) electrons. The second-order valence-electron chi connectivity index (χ2n) is 5.26. The van der Waals surface area contributed by atoms with E-state index in [0.29, 0.717) is 31.1 Å². The molecule has 20 heavy (non-hydrogen) atoms. The zero-order valence-electron chi connectivity index (χ0n) is 11.8. The van der Waals surface area contributed by atoms with Crippen molar-refractivity contribution in [3.63, 3.8) is 0 Å². The van der Waals surface area contributed by atoms with Crippen molar-refractivity contribution in [3.05, 3.63) is 21.9 Å². The molecule has 1 N–H and O–H groups in total. The Labute approximate surface area is 123 Å². The first kappa shape index (κ1) is 15.0. The van der Waals surface area contributed by atoms with E-state index in [4.69, 9.17) is 9.84 Å². The molecule has 1 amide bonds. The van der Waals surface area contributed by atoms with Crippen molar-refractivity contribution in [2.45, 2.75) is 25.8 Å². The molecule has 0 aliphatic carbocycles. The number of amides is 1. The average Bonchev–Trinajstić information content (AvgIpc) is 2.86. The highest BCUT2D eigenvalue weighted by atomic mass is 32.1. The van der Waals surface area contributed by atoms with E-state index in [1.54, 1.807) is 0 Å². The van der Waals surface area contributed by atoms with Crippen molar-refractivity contribution >= 4 is 17.2 Å². The Hall–Kier alpha value is -1.35. The van der Waals surface area contributed by atoms with E-state index in [0.717, 1.165) is 5.56 Å². The van der Waals surface area contributed by atoms with Gasteiger partial charge in [-0.05, 0) is 25.3 Å². The second kappa shape index (κ2) is 6.40. The molecule has 0 bridgehead atoms. The first-order chi connectivity index (χ1) is 9.56. The lowest BCUT2D eigenvalue weighted by atomic mass is 10.0. The number of carbonyl (C=O) groups is 1. The Morgan fingerprint density at radius 1 is 1.60 bits per heavy atom. The summed E-state index contributed by atoms with van der Waals surface area (Å²) in [5.41, 5.74) is 0.450. The minimum Gasteiger partial charge on any atom is -0.395 e. The van der Waals surface area contributed by atoms with E-state index in [2.05, 4.69) is 11.8 Å². The lowest BCUT2D eigenvalue weighted by Crippen LogP contribution is -2.55. The van der Waals surface area contributed by atoms with E-state index < -0.39 is 0 Å². The summed E-state index contributed by atoms with van der Waals surface area (Å²) in [6.45, 7) is 5.79.